The molecule has 0 aromatic carbocycles. The molecule has 0 aliphatic rings. The Bertz CT molecular complexity index is 338. The summed E-state index contributed by atoms with van der Waals surface area (Å²) >= 11 is 0. The van der Waals surface area contributed by atoms with Gasteiger partial charge in [-0.25, -0.2) is 0 Å². The van der Waals surface area contributed by atoms with Crippen LogP contribution in [0.5, 0.6) is 0 Å². The van der Waals surface area contributed by atoms with Crippen LogP contribution in [0.3, 0.4) is 0 Å². The molecule has 1 amide bonds. The maximum atomic E-state index is 11.3. The summed E-state index contributed by atoms with van der Waals surface area (Å²) in [7, 11) is 3.57. The fraction of sp³-hybridized carbons (Fsp3) is 0.538. The SMILES string of the molecule is C[C@H](NCCCC(=O)N(C)C)c1ccccn1. The second kappa shape index (κ2) is 7.01. The van der Waals surface area contributed by atoms with Crippen molar-refractivity contribution >= 4 is 5.91 Å². The van der Waals surface area contributed by atoms with Gasteiger partial charge in [0.05, 0.1) is 5.69 Å². The molecule has 0 bridgehead atoms. The number of nitrogens with one attached hydrogen (secondary N) is 1. The van der Waals surface area contributed by atoms with Crippen molar-refractivity contribution in [2.75, 3.05) is 20.6 Å². The summed E-state index contributed by atoms with van der Waals surface area (Å²) in [5.41, 5.74) is 1.03. The van der Waals surface area contributed by atoms with Gasteiger partial charge in [-0.1, -0.05) is 6.07 Å². The standard InChI is InChI=1S/C13H21N3O/c1-11(12-7-4-5-9-15-12)14-10-6-8-13(17)16(2)3/h4-5,7,9,11,14H,6,8,10H2,1-3H3/t11-/m0/s1. The van der Waals surface area contributed by atoms with Crippen LogP contribution < -0.4 is 5.32 Å². The molecule has 0 saturated carbocycles. The molecule has 1 heterocycles. The van der Waals surface area contributed by atoms with E-state index >= 15 is 0 Å². The Hall–Kier alpha value is -1.42. The van der Waals surface area contributed by atoms with E-state index in [-0.39, 0.29) is 11.9 Å². The van der Waals surface area contributed by atoms with Gasteiger partial charge < -0.3 is 10.2 Å². The van der Waals surface area contributed by atoms with Crippen LogP contribution in [0.25, 0.3) is 0 Å². The molecule has 94 valence electrons. The monoisotopic (exact) mass is 235 g/mol. The quantitative estimate of drug-likeness (QED) is 0.762. The van der Waals surface area contributed by atoms with E-state index < -0.39 is 0 Å². The zero-order chi connectivity index (χ0) is 12.7. The summed E-state index contributed by atoms with van der Waals surface area (Å²) in [6, 6.07) is 6.12. The van der Waals surface area contributed by atoms with Crippen LogP contribution in [0.4, 0.5) is 0 Å². The molecule has 0 unspecified atom stereocenters. The van der Waals surface area contributed by atoms with E-state index in [0.29, 0.717) is 6.42 Å². The maximum Gasteiger partial charge on any atom is 0.222 e. The Morgan fingerprint density at radius 3 is 2.82 bits per heavy atom. The minimum Gasteiger partial charge on any atom is -0.349 e. The fourth-order valence-electron chi connectivity index (χ4n) is 1.52. The zero-order valence-electron chi connectivity index (χ0n) is 10.8. The van der Waals surface area contributed by atoms with Crippen molar-refractivity contribution in [3.63, 3.8) is 0 Å². The van der Waals surface area contributed by atoms with Gasteiger partial charge in [-0.15, -0.1) is 0 Å². The fourth-order valence-corrected chi connectivity index (χ4v) is 1.52. The van der Waals surface area contributed by atoms with Crippen molar-refractivity contribution in [2.24, 2.45) is 0 Å². The molecule has 0 fully saturated rings. The van der Waals surface area contributed by atoms with E-state index in [1.165, 1.54) is 0 Å². The number of carbonyl (C=O) groups excluding carboxylic acids is 1. The Labute approximate surface area is 103 Å². The van der Waals surface area contributed by atoms with Crippen molar-refractivity contribution in [3.8, 4) is 0 Å². The number of carbonyl (C=O) groups is 1. The van der Waals surface area contributed by atoms with E-state index in [1.54, 1.807) is 25.2 Å². The molecule has 17 heavy (non-hydrogen) atoms. The first-order valence-corrected chi connectivity index (χ1v) is 5.95. The van der Waals surface area contributed by atoms with Gasteiger partial charge in [0.15, 0.2) is 0 Å². The van der Waals surface area contributed by atoms with Gasteiger partial charge in [0.1, 0.15) is 0 Å². The lowest BCUT2D eigenvalue weighted by molar-refractivity contribution is -0.128. The van der Waals surface area contributed by atoms with Crippen LogP contribution in [0.2, 0.25) is 0 Å². The molecule has 1 rings (SSSR count). The van der Waals surface area contributed by atoms with Gasteiger partial charge >= 0.3 is 0 Å². The molecule has 0 spiro atoms. The summed E-state index contributed by atoms with van der Waals surface area (Å²) in [5.74, 6) is 0.178. The topological polar surface area (TPSA) is 45.2 Å². The Morgan fingerprint density at radius 1 is 1.47 bits per heavy atom. The molecule has 0 radical (unpaired) electrons. The number of hydrogen-bond donors (Lipinski definition) is 1. The molecular weight excluding hydrogens is 214 g/mol. The highest BCUT2D eigenvalue weighted by Gasteiger charge is 2.06. The molecule has 1 aromatic heterocycles. The second-order valence-corrected chi connectivity index (χ2v) is 4.32. The first-order chi connectivity index (χ1) is 8.11. The van der Waals surface area contributed by atoms with Crippen LogP contribution in [-0.4, -0.2) is 36.4 Å². The van der Waals surface area contributed by atoms with Gasteiger partial charge in [0, 0.05) is 32.8 Å². The number of amides is 1. The van der Waals surface area contributed by atoms with Crippen LogP contribution in [0.15, 0.2) is 24.4 Å². The van der Waals surface area contributed by atoms with Crippen molar-refractivity contribution < 1.29 is 4.79 Å². The van der Waals surface area contributed by atoms with Crippen molar-refractivity contribution in [1.29, 1.82) is 0 Å². The van der Waals surface area contributed by atoms with Gasteiger partial charge in [0.25, 0.3) is 0 Å². The van der Waals surface area contributed by atoms with E-state index in [4.69, 9.17) is 0 Å². The smallest absolute Gasteiger partial charge is 0.222 e. The van der Waals surface area contributed by atoms with Gasteiger partial charge in [-0.05, 0) is 32.0 Å². The molecule has 0 aliphatic carbocycles. The van der Waals surface area contributed by atoms with Crippen LogP contribution in [0.1, 0.15) is 31.5 Å². The third kappa shape index (κ3) is 4.95. The highest BCUT2D eigenvalue weighted by atomic mass is 16.2. The zero-order valence-corrected chi connectivity index (χ0v) is 10.8. The number of rotatable bonds is 6. The summed E-state index contributed by atoms with van der Waals surface area (Å²) in [4.78, 5) is 17.3. The van der Waals surface area contributed by atoms with Gasteiger partial charge in [-0.2, -0.15) is 0 Å². The predicted molar refractivity (Wildman–Crippen MR) is 68.6 cm³/mol. The number of nitrogens with zero attached hydrogens (tertiary/aromatic N) is 2. The molecule has 1 aromatic rings. The summed E-state index contributed by atoms with van der Waals surface area (Å²) < 4.78 is 0. The molecule has 1 N–H and O–H groups in total. The van der Waals surface area contributed by atoms with E-state index in [0.717, 1.165) is 18.7 Å². The average molecular weight is 235 g/mol. The van der Waals surface area contributed by atoms with Crippen molar-refractivity contribution in [3.05, 3.63) is 30.1 Å². The Balaban J connectivity index is 2.21. The van der Waals surface area contributed by atoms with Crippen molar-refractivity contribution in [1.82, 2.24) is 15.2 Å². The first kappa shape index (κ1) is 13.6. The number of pyridine rings is 1. The lowest BCUT2D eigenvalue weighted by Gasteiger charge is -2.14. The molecular formula is C13H21N3O. The summed E-state index contributed by atoms with van der Waals surface area (Å²) in [6.45, 7) is 2.91. The highest BCUT2D eigenvalue weighted by Crippen LogP contribution is 2.07. The first-order valence-electron chi connectivity index (χ1n) is 5.95. The third-order valence-corrected chi connectivity index (χ3v) is 2.65. The average Bonchev–Trinajstić information content (AvgIpc) is 2.35. The summed E-state index contributed by atoms with van der Waals surface area (Å²) in [6.07, 6.45) is 3.24. The van der Waals surface area contributed by atoms with Gasteiger partial charge in [-0.3, -0.25) is 9.78 Å². The van der Waals surface area contributed by atoms with E-state index in [1.807, 2.05) is 18.2 Å². The lowest BCUT2D eigenvalue weighted by Crippen LogP contribution is -2.25. The lowest BCUT2D eigenvalue weighted by atomic mass is 10.2. The largest absolute Gasteiger partial charge is 0.349 e. The van der Waals surface area contributed by atoms with Crippen LogP contribution >= 0.6 is 0 Å². The molecule has 4 heteroatoms. The molecule has 1 atom stereocenters. The number of aromatic nitrogens is 1. The Morgan fingerprint density at radius 2 is 2.24 bits per heavy atom. The normalized spacial score (nSPS) is 12.2. The molecule has 4 nitrogen and oxygen atoms in total. The third-order valence-electron chi connectivity index (χ3n) is 2.65. The summed E-state index contributed by atoms with van der Waals surface area (Å²) in [5, 5.41) is 3.36. The maximum absolute atomic E-state index is 11.3. The number of hydrogen-bond acceptors (Lipinski definition) is 3. The molecule has 0 aliphatic heterocycles. The highest BCUT2D eigenvalue weighted by molar-refractivity contribution is 5.75. The van der Waals surface area contributed by atoms with Crippen LogP contribution in [0, 0.1) is 0 Å². The molecule has 0 saturated heterocycles. The minimum atomic E-state index is 0.178. The predicted octanol–water partition coefficient (Wildman–Crippen LogP) is 1.60. The Kier molecular flexibility index (Phi) is 5.63. The van der Waals surface area contributed by atoms with E-state index in [9.17, 15) is 4.79 Å². The van der Waals surface area contributed by atoms with Crippen molar-refractivity contribution in [2.45, 2.75) is 25.8 Å². The van der Waals surface area contributed by atoms with E-state index in [2.05, 4.69) is 17.2 Å². The minimum absolute atomic E-state index is 0.178. The van der Waals surface area contributed by atoms with Crippen LogP contribution in [-0.2, 0) is 4.79 Å². The van der Waals surface area contributed by atoms with Gasteiger partial charge in [0.2, 0.25) is 5.91 Å². The second-order valence-electron chi connectivity index (χ2n) is 4.32.